The van der Waals surface area contributed by atoms with Crippen molar-refractivity contribution < 1.29 is 4.74 Å². The normalized spacial score (nSPS) is 11.6. The maximum absolute atomic E-state index is 6.06. The summed E-state index contributed by atoms with van der Waals surface area (Å²) in [7, 11) is 0. The van der Waals surface area contributed by atoms with Crippen LogP contribution in [0.1, 0.15) is 26.5 Å². The quantitative estimate of drug-likeness (QED) is 0.681. The van der Waals surface area contributed by atoms with Gasteiger partial charge in [0.05, 0.1) is 0 Å². The number of benzene rings is 1. The molecule has 0 fully saturated rings. The van der Waals surface area contributed by atoms with Gasteiger partial charge in [-0.15, -0.1) is 0 Å². The minimum absolute atomic E-state index is 0.277. The molecule has 0 unspecified atom stereocenters. The van der Waals surface area contributed by atoms with Crippen LogP contribution in [0.2, 0.25) is 0 Å². The van der Waals surface area contributed by atoms with Crippen LogP contribution in [0.15, 0.2) is 48.8 Å². The van der Waals surface area contributed by atoms with Gasteiger partial charge >= 0.3 is 0 Å². The molecule has 2 heterocycles. The van der Waals surface area contributed by atoms with E-state index in [0.717, 1.165) is 27.6 Å². The zero-order valence-corrected chi connectivity index (χ0v) is 13.4. The predicted octanol–water partition coefficient (Wildman–Crippen LogP) is 4.78. The first-order chi connectivity index (χ1) is 10.5. The zero-order chi connectivity index (χ0) is 15.7. The number of hydrogen-bond acceptors (Lipinski definition) is 3. The summed E-state index contributed by atoms with van der Waals surface area (Å²) in [4.78, 5) is 8.82. The monoisotopic (exact) mass is 292 g/mol. The highest BCUT2D eigenvalue weighted by molar-refractivity contribution is 6.00. The third-order valence-electron chi connectivity index (χ3n) is 3.43. The molecule has 3 nitrogen and oxygen atoms in total. The highest BCUT2D eigenvalue weighted by Crippen LogP contribution is 2.36. The number of aromatic nitrogens is 2. The Morgan fingerprint density at radius 1 is 0.909 bits per heavy atom. The molecule has 2 aromatic heterocycles. The highest BCUT2D eigenvalue weighted by atomic mass is 16.5. The Labute approximate surface area is 131 Å². The summed E-state index contributed by atoms with van der Waals surface area (Å²) in [6, 6.07) is 12.3. The first-order valence-corrected chi connectivity index (χ1v) is 7.44. The number of aryl methyl sites for hydroxylation is 1. The van der Waals surface area contributed by atoms with Crippen molar-refractivity contribution in [2.45, 2.75) is 33.3 Å². The number of hydrogen-bond donors (Lipinski definition) is 0. The number of ether oxygens (including phenoxy) is 1. The van der Waals surface area contributed by atoms with Gasteiger partial charge in [-0.1, -0.05) is 18.2 Å². The average Bonchev–Trinajstić information content (AvgIpc) is 2.47. The Hall–Kier alpha value is -2.42. The Morgan fingerprint density at radius 2 is 1.55 bits per heavy atom. The van der Waals surface area contributed by atoms with Crippen molar-refractivity contribution in [3.05, 3.63) is 54.5 Å². The molecule has 0 aliphatic carbocycles. The smallest absolute Gasteiger partial charge is 0.222 e. The SMILES string of the molecule is Cc1nc(OC(C)(C)C)c2ccccc2c1-c1ccncc1. The lowest BCUT2D eigenvalue weighted by Gasteiger charge is -2.23. The average molecular weight is 292 g/mol. The van der Waals surface area contributed by atoms with Gasteiger partial charge in [0.2, 0.25) is 5.88 Å². The topological polar surface area (TPSA) is 35.0 Å². The predicted molar refractivity (Wildman–Crippen MR) is 90.1 cm³/mol. The molecular formula is C19H20N2O. The molecule has 3 heteroatoms. The second-order valence-corrected chi connectivity index (χ2v) is 6.37. The van der Waals surface area contributed by atoms with Crippen molar-refractivity contribution in [3.8, 4) is 17.0 Å². The molecule has 0 aliphatic heterocycles. The molecule has 0 amide bonds. The van der Waals surface area contributed by atoms with Crippen molar-refractivity contribution in [2.75, 3.05) is 0 Å². The fourth-order valence-corrected chi connectivity index (χ4v) is 2.60. The van der Waals surface area contributed by atoms with E-state index in [0.29, 0.717) is 5.88 Å². The van der Waals surface area contributed by atoms with Gasteiger partial charge in [-0.2, -0.15) is 0 Å². The van der Waals surface area contributed by atoms with Crippen molar-refractivity contribution >= 4 is 10.8 Å². The van der Waals surface area contributed by atoms with Gasteiger partial charge in [-0.05, 0) is 56.8 Å². The Morgan fingerprint density at radius 3 is 2.18 bits per heavy atom. The summed E-state index contributed by atoms with van der Waals surface area (Å²) in [6.07, 6.45) is 3.62. The fraction of sp³-hybridized carbons (Fsp3) is 0.263. The molecule has 3 aromatic rings. The summed E-state index contributed by atoms with van der Waals surface area (Å²) < 4.78 is 6.06. The van der Waals surface area contributed by atoms with Crippen LogP contribution < -0.4 is 4.74 Å². The molecular weight excluding hydrogens is 272 g/mol. The summed E-state index contributed by atoms with van der Waals surface area (Å²) >= 11 is 0. The molecule has 1 aromatic carbocycles. The number of rotatable bonds is 2. The van der Waals surface area contributed by atoms with Gasteiger partial charge in [0.15, 0.2) is 0 Å². The van der Waals surface area contributed by atoms with Crippen LogP contribution in [-0.2, 0) is 0 Å². The van der Waals surface area contributed by atoms with Crippen molar-refractivity contribution in [1.82, 2.24) is 9.97 Å². The minimum Gasteiger partial charge on any atom is -0.471 e. The van der Waals surface area contributed by atoms with E-state index in [9.17, 15) is 0 Å². The summed E-state index contributed by atoms with van der Waals surface area (Å²) in [5.74, 6) is 0.693. The Balaban J connectivity index is 2.28. The van der Waals surface area contributed by atoms with Crippen LogP contribution in [0.4, 0.5) is 0 Å². The third-order valence-corrected chi connectivity index (χ3v) is 3.43. The second-order valence-electron chi connectivity index (χ2n) is 6.37. The first kappa shape index (κ1) is 14.5. The molecule has 22 heavy (non-hydrogen) atoms. The van der Waals surface area contributed by atoms with Gasteiger partial charge in [-0.3, -0.25) is 4.98 Å². The van der Waals surface area contributed by atoms with Crippen LogP contribution in [-0.4, -0.2) is 15.6 Å². The van der Waals surface area contributed by atoms with E-state index in [4.69, 9.17) is 9.72 Å². The lowest BCUT2D eigenvalue weighted by atomic mass is 9.98. The van der Waals surface area contributed by atoms with Gasteiger partial charge in [0.1, 0.15) is 5.60 Å². The van der Waals surface area contributed by atoms with Crippen LogP contribution in [0.5, 0.6) is 5.88 Å². The molecule has 0 bridgehead atoms. The molecule has 0 aliphatic rings. The van der Waals surface area contributed by atoms with Crippen LogP contribution in [0.3, 0.4) is 0 Å². The van der Waals surface area contributed by atoms with E-state index in [2.05, 4.69) is 17.1 Å². The van der Waals surface area contributed by atoms with E-state index < -0.39 is 0 Å². The molecule has 112 valence electrons. The van der Waals surface area contributed by atoms with Crippen molar-refractivity contribution in [1.29, 1.82) is 0 Å². The summed E-state index contributed by atoms with van der Waals surface area (Å²) in [5, 5.41) is 2.19. The van der Waals surface area contributed by atoms with Gasteiger partial charge in [0.25, 0.3) is 0 Å². The lowest BCUT2D eigenvalue weighted by Crippen LogP contribution is -2.23. The molecule has 0 saturated heterocycles. The van der Waals surface area contributed by atoms with Crippen LogP contribution in [0, 0.1) is 6.92 Å². The summed E-state index contributed by atoms with van der Waals surface area (Å²) in [5.41, 5.74) is 2.95. The standard InChI is InChI=1S/C19H20N2O/c1-13-17(14-9-11-20-12-10-14)15-7-5-6-8-16(15)18(21-13)22-19(2,3)4/h5-12H,1-4H3. The first-order valence-electron chi connectivity index (χ1n) is 7.44. The minimum atomic E-state index is -0.277. The maximum atomic E-state index is 6.06. The van der Waals surface area contributed by atoms with E-state index >= 15 is 0 Å². The third kappa shape index (κ3) is 2.80. The van der Waals surface area contributed by atoms with Crippen molar-refractivity contribution in [3.63, 3.8) is 0 Å². The fourth-order valence-electron chi connectivity index (χ4n) is 2.60. The van der Waals surface area contributed by atoms with E-state index in [1.165, 1.54) is 0 Å². The van der Waals surface area contributed by atoms with Gasteiger partial charge in [0, 0.05) is 29.0 Å². The van der Waals surface area contributed by atoms with E-state index in [1.807, 2.05) is 64.4 Å². The zero-order valence-electron chi connectivity index (χ0n) is 13.4. The number of pyridine rings is 2. The van der Waals surface area contributed by atoms with Gasteiger partial charge < -0.3 is 4.74 Å². The molecule has 0 saturated carbocycles. The number of fused-ring (bicyclic) bond motifs is 1. The Kier molecular flexibility index (Phi) is 3.57. The van der Waals surface area contributed by atoms with Gasteiger partial charge in [-0.25, -0.2) is 4.98 Å². The maximum Gasteiger partial charge on any atom is 0.222 e. The van der Waals surface area contributed by atoms with E-state index in [1.54, 1.807) is 0 Å². The molecule has 0 radical (unpaired) electrons. The molecule has 0 N–H and O–H groups in total. The largest absolute Gasteiger partial charge is 0.471 e. The molecule has 0 atom stereocenters. The Bertz CT molecular complexity index is 805. The van der Waals surface area contributed by atoms with Crippen molar-refractivity contribution in [2.24, 2.45) is 0 Å². The number of nitrogens with zero attached hydrogens (tertiary/aromatic N) is 2. The second kappa shape index (κ2) is 5.41. The highest BCUT2D eigenvalue weighted by Gasteiger charge is 2.18. The van der Waals surface area contributed by atoms with Crippen LogP contribution >= 0.6 is 0 Å². The lowest BCUT2D eigenvalue weighted by molar-refractivity contribution is 0.126. The van der Waals surface area contributed by atoms with E-state index in [-0.39, 0.29) is 5.60 Å². The van der Waals surface area contributed by atoms with Crippen LogP contribution in [0.25, 0.3) is 21.9 Å². The molecule has 0 spiro atoms. The molecule has 3 rings (SSSR count). The summed E-state index contributed by atoms with van der Waals surface area (Å²) in [6.45, 7) is 8.14.